The largest absolute Gasteiger partial charge is 0.489 e. The molecule has 0 saturated heterocycles. The smallest absolute Gasteiger partial charge is 0.332 e. The van der Waals surface area contributed by atoms with Crippen LogP contribution in [0.4, 0.5) is 5.69 Å². The minimum atomic E-state index is -0.873. The number of nitrogens with zero attached hydrogens (tertiary/aromatic N) is 7. The Labute approximate surface area is 218 Å². The molecule has 0 spiro atoms. The van der Waals surface area contributed by atoms with Crippen molar-refractivity contribution in [2.45, 2.75) is 32.2 Å². The molecule has 2 aromatic carbocycles. The van der Waals surface area contributed by atoms with Crippen LogP contribution >= 0.6 is 0 Å². The lowest BCUT2D eigenvalue weighted by atomic mass is 10.1. The number of benzene rings is 2. The van der Waals surface area contributed by atoms with Crippen LogP contribution in [-0.4, -0.2) is 67.8 Å². The molecule has 2 aliphatic heterocycles. The van der Waals surface area contributed by atoms with Gasteiger partial charge in [0.05, 0.1) is 12.2 Å². The van der Waals surface area contributed by atoms with E-state index in [2.05, 4.69) is 30.4 Å². The first-order valence-electron chi connectivity index (χ1n) is 12.5. The fourth-order valence-corrected chi connectivity index (χ4v) is 4.76. The number of nitrogens with one attached hydrogen (secondary N) is 2. The standard InChI is InChI=1S/C26H27N9O3/c1-32-21-11-19(12-33-9-10-35-23(14-33)27-16-29-35)7-8-22(21)38-15-20(26(32)37)30-25(36)24-28-17-34(31-24)13-18-5-3-2-4-6-18/h2-8,11,16-17,20H,9-10,12-15H2,1H3,(H,30,36)/p+1. The fraction of sp³-hybridized carbons (Fsp3) is 0.308. The van der Waals surface area contributed by atoms with Crippen LogP contribution < -0.4 is 19.6 Å². The number of hydrogen-bond acceptors (Lipinski definition) is 7. The lowest BCUT2D eigenvalue weighted by molar-refractivity contribution is -0.764. The van der Waals surface area contributed by atoms with Gasteiger partial charge in [0.1, 0.15) is 37.8 Å². The van der Waals surface area contributed by atoms with E-state index >= 15 is 0 Å². The Morgan fingerprint density at radius 3 is 2.89 bits per heavy atom. The minimum Gasteiger partial charge on any atom is -0.489 e. The van der Waals surface area contributed by atoms with Crippen LogP contribution in [0.3, 0.4) is 0 Å². The SMILES string of the molecule is CN1C(=O)C(NC(=O)c2ncn(Cc3ccccc3)n2)COc2ccc(CN3CC[n+]4[nH]cnc4C3)cc21. The van der Waals surface area contributed by atoms with E-state index in [0.29, 0.717) is 18.0 Å². The molecular formula is C26H28N9O3+. The van der Waals surface area contributed by atoms with E-state index in [-0.39, 0.29) is 18.3 Å². The number of fused-ring (bicyclic) bond motifs is 2. The second kappa shape index (κ2) is 10.1. The summed E-state index contributed by atoms with van der Waals surface area (Å²) in [4.78, 5) is 38.5. The number of hydrogen-bond donors (Lipinski definition) is 2. The molecule has 194 valence electrons. The molecule has 2 aliphatic rings. The maximum atomic E-state index is 13.3. The first-order chi connectivity index (χ1) is 18.5. The Hall–Kier alpha value is -4.58. The zero-order valence-electron chi connectivity index (χ0n) is 20.9. The van der Waals surface area contributed by atoms with Crippen molar-refractivity contribution in [2.24, 2.45) is 0 Å². The summed E-state index contributed by atoms with van der Waals surface area (Å²) in [7, 11) is 1.69. The Balaban J connectivity index is 1.11. The Morgan fingerprint density at radius 2 is 2.03 bits per heavy atom. The van der Waals surface area contributed by atoms with Gasteiger partial charge in [-0.2, -0.15) is 9.78 Å². The summed E-state index contributed by atoms with van der Waals surface area (Å²) >= 11 is 0. The van der Waals surface area contributed by atoms with E-state index in [1.807, 2.05) is 53.2 Å². The average Bonchev–Trinajstić information content (AvgIpc) is 3.58. The van der Waals surface area contributed by atoms with Crippen LogP contribution in [0.5, 0.6) is 5.75 Å². The van der Waals surface area contributed by atoms with Gasteiger partial charge < -0.3 is 15.0 Å². The van der Waals surface area contributed by atoms with Crippen molar-refractivity contribution < 1.29 is 19.0 Å². The third-order valence-electron chi connectivity index (χ3n) is 6.80. The summed E-state index contributed by atoms with van der Waals surface area (Å²) in [5, 5.41) is 10.1. The molecule has 1 atom stereocenters. The quantitative estimate of drug-likeness (QED) is 0.359. The van der Waals surface area contributed by atoms with Crippen molar-refractivity contribution in [1.82, 2.24) is 35.1 Å². The molecule has 0 radical (unpaired) electrons. The molecule has 0 fully saturated rings. The zero-order valence-corrected chi connectivity index (χ0v) is 20.9. The van der Waals surface area contributed by atoms with Crippen LogP contribution in [0, 0.1) is 0 Å². The molecule has 2 aromatic heterocycles. The van der Waals surface area contributed by atoms with E-state index < -0.39 is 11.9 Å². The number of anilines is 1. The molecule has 6 rings (SSSR count). The van der Waals surface area contributed by atoms with Crippen LogP contribution in [0.25, 0.3) is 0 Å². The third kappa shape index (κ3) is 4.85. The van der Waals surface area contributed by atoms with Crippen LogP contribution in [0.15, 0.2) is 61.2 Å². The predicted octanol–water partition coefficient (Wildman–Crippen LogP) is 0.507. The molecule has 0 aliphatic carbocycles. The number of aromatic amines is 1. The van der Waals surface area contributed by atoms with Gasteiger partial charge in [0, 0.05) is 20.1 Å². The van der Waals surface area contributed by atoms with Crippen molar-refractivity contribution in [3.05, 3.63) is 84.0 Å². The lowest BCUT2D eigenvalue weighted by Crippen LogP contribution is -2.50. The van der Waals surface area contributed by atoms with Crippen LogP contribution in [0.1, 0.15) is 27.6 Å². The molecule has 38 heavy (non-hydrogen) atoms. The van der Waals surface area contributed by atoms with Gasteiger partial charge in [-0.25, -0.2) is 9.67 Å². The number of carbonyl (C=O) groups excluding carboxylic acids is 2. The second-order valence-electron chi connectivity index (χ2n) is 9.45. The number of ether oxygens (including phenoxy) is 1. The highest BCUT2D eigenvalue weighted by atomic mass is 16.5. The van der Waals surface area contributed by atoms with Gasteiger partial charge in [-0.1, -0.05) is 36.4 Å². The topological polar surface area (TPSA) is 125 Å². The summed E-state index contributed by atoms with van der Waals surface area (Å²) in [5.74, 6) is 0.795. The number of rotatable bonds is 6. The maximum Gasteiger partial charge on any atom is 0.332 e. The summed E-state index contributed by atoms with van der Waals surface area (Å²) < 4.78 is 9.59. The maximum absolute atomic E-state index is 13.3. The molecule has 0 bridgehead atoms. The highest BCUT2D eigenvalue weighted by Gasteiger charge is 2.32. The number of carbonyl (C=O) groups is 2. The molecule has 2 amide bonds. The van der Waals surface area contributed by atoms with Gasteiger partial charge in [0.15, 0.2) is 0 Å². The Kier molecular flexibility index (Phi) is 6.30. The molecule has 4 heterocycles. The Bertz CT molecular complexity index is 1470. The van der Waals surface area contributed by atoms with Gasteiger partial charge in [0.2, 0.25) is 12.2 Å². The first-order valence-corrected chi connectivity index (χ1v) is 12.5. The summed E-state index contributed by atoms with van der Waals surface area (Å²) in [6.45, 7) is 3.71. The van der Waals surface area contributed by atoms with Gasteiger partial charge in [-0.15, -0.1) is 5.10 Å². The Morgan fingerprint density at radius 1 is 1.16 bits per heavy atom. The number of aromatic nitrogens is 6. The van der Waals surface area contributed by atoms with E-state index in [1.54, 1.807) is 18.1 Å². The number of amides is 2. The lowest BCUT2D eigenvalue weighted by Gasteiger charge is -2.24. The summed E-state index contributed by atoms with van der Waals surface area (Å²) in [6, 6.07) is 14.8. The molecule has 12 nitrogen and oxygen atoms in total. The average molecular weight is 515 g/mol. The van der Waals surface area contributed by atoms with Gasteiger partial charge in [0.25, 0.3) is 11.8 Å². The zero-order chi connectivity index (χ0) is 26.1. The molecule has 2 N–H and O–H groups in total. The molecule has 0 saturated carbocycles. The first kappa shape index (κ1) is 23.8. The van der Waals surface area contributed by atoms with E-state index in [9.17, 15) is 9.59 Å². The second-order valence-corrected chi connectivity index (χ2v) is 9.45. The van der Waals surface area contributed by atoms with Gasteiger partial charge >= 0.3 is 5.82 Å². The molecule has 12 heteroatoms. The molecule has 4 aromatic rings. The van der Waals surface area contributed by atoms with Gasteiger partial charge in [-0.3, -0.25) is 14.5 Å². The number of H-pyrrole nitrogens is 1. The number of likely N-dealkylation sites (N-methyl/N-ethyl adjacent to an activating group) is 1. The highest BCUT2D eigenvalue weighted by Crippen LogP contribution is 2.32. The molecule has 1 unspecified atom stereocenters. The van der Waals surface area contributed by atoms with E-state index in [4.69, 9.17) is 4.74 Å². The summed E-state index contributed by atoms with van der Waals surface area (Å²) in [5.41, 5.74) is 2.77. The van der Waals surface area contributed by atoms with Crippen LogP contribution in [-0.2, 0) is 31.0 Å². The third-order valence-corrected chi connectivity index (χ3v) is 6.80. The molecular weight excluding hydrogens is 486 g/mol. The normalized spacial score (nSPS) is 17.3. The minimum absolute atomic E-state index is 0.000181. The van der Waals surface area contributed by atoms with Crippen molar-refractivity contribution in [3.8, 4) is 5.75 Å². The van der Waals surface area contributed by atoms with Gasteiger partial charge in [-0.05, 0) is 28.2 Å². The van der Waals surface area contributed by atoms with Crippen molar-refractivity contribution >= 4 is 17.5 Å². The van der Waals surface area contributed by atoms with E-state index in [0.717, 1.165) is 43.1 Å². The fourth-order valence-electron chi connectivity index (χ4n) is 4.76. The summed E-state index contributed by atoms with van der Waals surface area (Å²) in [6.07, 6.45) is 3.21. The van der Waals surface area contributed by atoms with E-state index in [1.165, 1.54) is 11.2 Å². The van der Waals surface area contributed by atoms with Crippen LogP contribution in [0.2, 0.25) is 0 Å². The van der Waals surface area contributed by atoms with Crippen molar-refractivity contribution in [3.63, 3.8) is 0 Å². The van der Waals surface area contributed by atoms with Crippen molar-refractivity contribution in [1.29, 1.82) is 0 Å². The highest BCUT2D eigenvalue weighted by molar-refractivity contribution is 6.02. The van der Waals surface area contributed by atoms with Crippen molar-refractivity contribution in [2.75, 3.05) is 25.1 Å². The predicted molar refractivity (Wildman–Crippen MR) is 135 cm³/mol. The monoisotopic (exact) mass is 514 g/mol.